The Morgan fingerprint density at radius 2 is 1.83 bits per heavy atom. The molecule has 0 spiro atoms. The van der Waals surface area contributed by atoms with Crippen molar-refractivity contribution in [2.45, 2.75) is 84.5 Å². The van der Waals surface area contributed by atoms with Crippen LogP contribution in [0.4, 0.5) is 0 Å². The molecule has 0 saturated heterocycles. The van der Waals surface area contributed by atoms with E-state index in [1.54, 1.807) is 0 Å². The number of rotatable bonds is 11. The smallest absolute Gasteiger partial charge is 0.166 e. The molecule has 0 radical (unpaired) electrons. The van der Waals surface area contributed by atoms with Gasteiger partial charge in [0.2, 0.25) is 0 Å². The zero-order valence-electron chi connectivity index (χ0n) is 15.3. The molecule has 0 bridgehead atoms. The number of hydrogen-bond donors (Lipinski definition) is 0. The predicted octanol–water partition coefficient (Wildman–Crippen LogP) is 6.77. The number of unbranched alkanes of at least 4 members (excludes halogenated alkanes) is 4. The van der Waals surface area contributed by atoms with Crippen molar-refractivity contribution in [1.29, 1.82) is 0 Å². The van der Waals surface area contributed by atoms with E-state index in [4.69, 9.17) is 0 Å². The summed E-state index contributed by atoms with van der Waals surface area (Å²) in [4.78, 5) is 12.8. The molecule has 23 heavy (non-hydrogen) atoms. The molecule has 1 aliphatic rings. The average molecular weight is 315 g/mol. The van der Waals surface area contributed by atoms with Crippen molar-refractivity contribution in [3.8, 4) is 0 Å². The van der Waals surface area contributed by atoms with Crippen molar-refractivity contribution in [2.24, 2.45) is 11.8 Å². The van der Waals surface area contributed by atoms with Gasteiger partial charge in [-0.25, -0.2) is 0 Å². The van der Waals surface area contributed by atoms with Crippen LogP contribution in [0.5, 0.6) is 0 Å². The van der Waals surface area contributed by atoms with Gasteiger partial charge in [-0.1, -0.05) is 83.6 Å². The van der Waals surface area contributed by atoms with Crippen molar-refractivity contribution in [3.05, 3.63) is 35.4 Å². The summed E-state index contributed by atoms with van der Waals surface area (Å²) in [6.45, 7) is 6.73. The Morgan fingerprint density at radius 1 is 1.09 bits per heavy atom. The summed E-state index contributed by atoms with van der Waals surface area (Å²) in [5.74, 6) is 1.92. The summed E-state index contributed by atoms with van der Waals surface area (Å²) >= 11 is 0. The molecular weight excluding hydrogens is 280 g/mol. The van der Waals surface area contributed by atoms with E-state index < -0.39 is 0 Å². The molecule has 0 aromatic heterocycles. The Morgan fingerprint density at radius 3 is 2.48 bits per heavy atom. The summed E-state index contributed by atoms with van der Waals surface area (Å²) in [6.07, 6.45) is 11.3. The number of Topliss-reactive ketones (excluding diaryl/α,β-unsaturated/α-hetero) is 1. The molecule has 0 aliphatic heterocycles. The van der Waals surface area contributed by atoms with E-state index in [0.717, 1.165) is 24.8 Å². The molecule has 1 nitrogen and oxygen atoms in total. The van der Waals surface area contributed by atoms with Crippen LogP contribution >= 0.6 is 0 Å². The predicted molar refractivity (Wildman–Crippen MR) is 99.1 cm³/mol. The Hall–Kier alpha value is -1.11. The van der Waals surface area contributed by atoms with Crippen LogP contribution in [-0.4, -0.2) is 5.78 Å². The van der Waals surface area contributed by atoms with Crippen LogP contribution in [0.25, 0.3) is 0 Å². The van der Waals surface area contributed by atoms with Crippen LogP contribution < -0.4 is 0 Å². The van der Waals surface area contributed by atoms with Crippen molar-refractivity contribution >= 4 is 5.78 Å². The first-order valence-corrected chi connectivity index (χ1v) is 9.85. The molecule has 1 aliphatic carbocycles. The van der Waals surface area contributed by atoms with Gasteiger partial charge in [0, 0.05) is 11.5 Å². The highest BCUT2D eigenvalue weighted by molar-refractivity contribution is 6.01. The molecule has 2 rings (SSSR count). The van der Waals surface area contributed by atoms with Crippen LogP contribution in [0.15, 0.2) is 24.3 Å². The van der Waals surface area contributed by atoms with Crippen LogP contribution in [0.2, 0.25) is 0 Å². The normalized spacial score (nSPS) is 21.2. The molecule has 0 heterocycles. The zero-order valence-corrected chi connectivity index (χ0v) is 15.3. The van der Waals surface area contributed by atoms with E-state index in [-0.39, 0.29) is 0 Å². The Kier molecular flexibility index (Phi) is 7.33. The largest absolute Gasteiger partial charge is 0.294 e. The number of hydrogen-bond acceptors (Lipinski definition) is 1. The van der Waals surface area contributed by atoms with Gasteiger partial charge in [0.1, 0.15) is 0 Å². The van der Waals surface area contributed by atoms with Crippen molar-refractivity contribution in [2.75, 3.05) is 0 Å². The lowest BCUT2D eigenvalue weighted by molar-refractivity contribution is 0.0959. The van der Waals surface area contributed by atoms with Gasteiger partial charge >= 0.3 is 0 Å². The fourth-order valence-electron chi connectivity index (χ4n) is 3.87. The minimum atomic E-state index is 0.309. The van der Waals surface area contributed by atoms with Gasteiger partial charge in [-0.3, -0.25) is 4.79 Å². The molecule has 3 atom stereocenters. The molecule has 1 fully saturated rings. The van der Waals surface area contributed by atoms with E-state index >= 15 is 0 Å². The molecule has 1 aromatic carbocycles. The summed E-state index contributed by atoms with van der Waals surface area (Å²) in [5.41, 5.74) is 2.34. The lowest BCUT2D eigenvalue weighted by atomic mass is 9.85. The van der Waals surface area contributed by atoms with Crippen LogP contribution in [0, 0.1) is 11.8 Å². The van der Waals surface area contributed by atoms with Gasteiger partial charge in [-0.05, 0) is 36.7 Å². The van der Waals surface area contributed by atoms with Gasteiger partial charge in [-0.2, -0.15) is 0 Å². The van der Waals surface area contributed by atoms with Crippen LogP contribution in [-0.2, 0) is 0 Å². The van der Waals surface area contributed by atoms with E-state index in [9.17, 15) is 4.79 Å². The van der Waals surface area contributed by atoms with E-state index in [1.165, 1.54) is 44.1 Å². The van der Waals surface area contributed by atoms with Gasteiger partial charge < -0.3 is 0 Å². The number of ketones is 1. The fraction of sp³-hybridized carbons (Fsp3) is 0.682. The summed E-state index contributed by atoms with van der Waals surface area (Å²) < 4.78 is 0. The van der Waals surface area contributed by atoms with Gasteiger partial charge in [0.25, 0.3) is 0 Å². The molecule has 0 N–H and O–H groups in total. The first-order chi connectivity index (χ1) is 11.2. The maximum atomic E-state index is 12.8. The highest BCUT2D eigenvalue weighted by Gasteiger charge is 2.42. The monoisotopic (exact) mass is 314 g/mol. The first kappa shape index (κ1) is 18.2. The Balaban J connectivity index is 2.00. The molecule has 0 amide bonds. The standard InChI is InChI=1S/C22H34O/c1-4-7-8-9-10-13-17(5-2)19-14-11-12-15-20(19)22(23)21-16-18(21)6-3/h11-12,14-15,17-18,21H,4-10,13,16H2,1-3H3. The summed E-state index contributed by atoms with van der Waals surface area (Å²) in [7, 11) is 0. The summed E-state index contributed by atoms with van der Waals surface area (Å²) in [5, 5.41) is 0. The maximum Gasteiger partial charge on any atom is 0.166 e. The van der Waals surface area contributed by atoms with Crippen molar-refractivity contribution < 1.29 is 4.79 Å². The third-order valence-electron chi connectivity index (χ3n) is 5.60. The Labute approximate surface area is 142 Å². The second-order valence-electron chi connectivity index (χ2n) is 7.27. The number of carbonyl (C=O) groups is 1. The van der Waals surface area contributed by atoms with Crippen LogP contribution in [0.1, 0.15) is 100 Å². The van der Waals surface area contributed by atoms with Crippen molar-refractivity contribution in [3.63, 3.8) is 0 Å². The second-order valence-corrected chi connectivity index (χ2v) is 7.27. The highest BCUT2D eigenvalue weighted by atomic mass is 16.1. The Bertz CT molecular complexity index is 491. The molecule has 1 saturated carbocycles. The van der Waals surface area contributed by atoms with Gasteiger partial charge in [-0.15, -0.1) is 0 Å². The minimum absolute atomic E-state index is 0.309. The van der Waals surface area contributed by atoms with E-state index in [2.05, 4.69) is 39.0 Å². The maximum absolute atomic E-state index is 12.8. The van der Waals surface area contributed by atoms with E-state index in [1.807, 2.05) is 6.07 Å². The molecule has 1 heteroatoms. The van der Waals surface area contributed by atoms with Gasteiger partial charge in [0.05, 0.1) is 0 Å². The average Bonchev–Trinajstić information content (AvgIpc) is 3.37. The molecule has 1 aromatic rings. The summed E-state index contributed by atoms with van der Waals surface area (Å²) in [6, 6.07) is 8.42. The SMILES string of the molecule is CCCCCCCC(CC)c1ccccc1C(=O)C1CC1CC. The van der Waals surface area contributed by atoms with Gasteiger partial charge in [0.15, 0.2) is 5.78 Å². The molecule has 3 unspecified atom stereocenters. The third-order valence-corrected chi connectivity index (χ3v) is 5.60. The quantitative estimate of drug-likeness (QED) is 0.325. The van der Waals surface area contributed by atoms with Crippen molar-refractivity contribution in [1.82, 2.24) is 0 Å². The van der Waals surface area contributed by atoms with Crippen LogP contribution in [0.3, 0.4) is 0 Å². The third kappa shape index (κ3) is 4.93. The number of benzene rings is 1. The molecule has 128 valence electrons. The zero-order chi connectivity index (χ0) is 16.7. The fourth-order valence-corrected chi connectivity index (χ4v) is 3.87. The lowest BCUT2D eigenvalue weighted by Crippen LogP contribution is -2.10. The lowest BCUT2D eigenvalue weighted by Gasteiger charge is -2.19. The van der Waals surface area contributed by atoms with E-state index in [0.29, 0.717) is 23.5 Å². The minimum Gasteiger partial charge on any atom is -0.294 e. The highest BCUT2D eigenvalue weighted by Crippen LogP contribution is 2.44. The molecular formula is C22H34O. The topological polar surface area (TPSA) is 17.1 Å². The first-order valence-electron chi connectivity index (χ1n) is 9.85. The number of carbonyl (C=O) groups excluding carboxylic acids is 1. The second kappa shape index (κ2) is 9.25.